The number of nitrogens with zero attached hydrogens (tertiary/aromatic N) is 2. The molecule has 1 fully saturated rings. The van der Waals surface area contributed by atoms with Gasteiger partial charge in [0, 0.05) is 43.9 Å². The average Bonchev–Trinajstić information content (AvgIpc) is 3.08. The van der Waals surface area contributed by atoms with Crippen LogP contribution in [0.4, 0.5) is 4.79 Å². The van der Waals surface area contributed by atoms with E-state index in [1.54, 1.807) is 7.05 Å². The number of likely N-dealkylation sites (tertiary alicyclic amines) is 1. The third-order valence-corrected chi connectivity index (χ3v) is 5.35. The number of rotatable bonds is 6. The van der Waals surface area contributed by atoms with Crippen LogP contribution in [-0.2, 0) is 4.74 Å². The minimum absolute atomic E-state index is 0. The molecule has 0 bridgehead atoms. The largest absolute Gasteiger partial charge is 0.444 e. The molecule has 0 saturated carbocycles. The molecule has 1 aromatic carbocycles. The quantitative estimate of drug-likeness (QED) is 0.196. The van der Waals surface area contributed by atoms with Crippen LogP contribution in [-0.4, -0.2) is 61.5 Å². The summed E-state index contributed by atoms with van der Waals surface area (Å²) in [6.45, 7) is 8.70. The summed E-state index contributed by atoms with van der Waals surface area (Å²) in [6, 6.07) is 10.5. The summed E-state index contributed by atoms with van der Waals surface area (Å²) in [4.78, 5) is 19.7. The molecule has 6 nitrogen and oxygen atoms in total. The van der Waals surface area contributed by atoms with Crippen molar-refractivity contribution in [3.05, 3.63) is 30.3 Å². The van der Waals surface area contributed by atoms with E-state index in [1.165, 1.54) is 11.3 Å². The lowest BCUT2D eigenvalue weighted by molar-refractivity contribution is 0.0529. The fourth-order valence-corrected chi connectivity index (χ4v) is 3.93. The van der Waals surface area contributed by atoms with Gasteiger partial charge < -0.3 is 20.3 Å². The van der Waals surface area contributed by atoms with Gasteiger partial charge in [-0.1, -0.05) is 18.2 Å². The number of hydrogen-bond acceptors (Lipinski definition) is 4. The summed E-state index contributed by atoms with van der Waals surface area (Å²) in [6.07, 6.45) is 0.787. The third-order valence-electron chi connectivity index (χ3n) is 4.10. The van der Waals surface area contributed by atoms with Crippen molar-refractivity contribution >= 4 is 47.8 Å². The van der Waals surface area contributed by atoms with Crippen molar-refractivity contribution < 1.29 is 9.53 Å². The van der Waals surface area contributed by atoms with E-state index in [1.807, 2.05) is 32.5 Å². The number of nitrogens with one attached hydrogen (secondary N) is 2. The Bertz CT molecular complexity index is 622. The third kappa shape index (κ3) is 9.36. The highest BCUT2D eigenvalue weighted by atomic mass is 127. The lowest BCUT2D eigenvalue weighted by Gasteiger charge is -2.22. The van der Waals surface area contributed by atoms with Gasteiger partial charge in [0.25, 0.3) is 0 Å². The Morgan fingerprint density at radius 3 is 2.57 bits per heavy atom. The van der Waals surface area contributed by atoms with Gasteiger partial charge in [0.2, 0.25) is 0 Å². The number of carbonyl (C=O) groups excluding carboxylic acids is 1. The van der Waals surface area contributed by atoms with Crippen molar-refractivity contribution in [1.82, 2.24) is 15.5 Å². The number of thioether (sulfide) groups is 1. The SMILES string of the molecule is CN=C(NCCNC(=O)OC(C)(C)C)N1CCC(CSc2ccccc2)C1.I. The molecular weight excluding hydrogens is 487 g/mol. The number of benzene rings is 1. The maximum Gasteiger partial charge on any atom is 0.407 e. The maximum absolute atomic E-state index is 11.7. The Balaban J connectivity index is 0.00000392. The molecule has 28 heavy (non-hydrogen) atoms. The number of halogens is 1. The molecule has 1 unspecified atom stereocenters. The number of alkyl carbamates (subject to hydrolysis) is 1. The number of carbonyl (C=O) groups is 1. The maximum atomic E-state index is 11.7. The zero-order valence-corrected chi connectivity index (χ0v) is 20.4. The summed E-state index contributed by atoms with van der Waals surface area (Å²) in [5.41, 5.74) is -0.476. The molecule has 1 aliphatic heterocycles. The van der Waals surface area contributed by atoms with Crippen LogP contribution < -0.4 is 10.6 Å². The van der Waals surface area contributed by atoms with Gasteiger partial charge in [-0.2, -0.15) is 0 Å². The van der Waals surface area contributed by atoms with Crippen LogP contribution in [0.2, 0.25) is 0 Å². The first kappa shape index (κ1) is 24.9. The Hall–Kier alpha value is -1.16. The second-order valence-electron chi connectivity index (χ2n) is 7.63. The molecule has 0 aromatic heterocycles. The monoisotopic (exact) mass is 520 g/mol. The van der Waals surface area contributed by atoms with E-state index in [2.05, 4.69) is 50.9 Å². The van der Waals surface area contributed by atoms with E-state index in [4.69, 9.17) is 4.74 Å². The number of hydrogen-bond donors (Lipinski definition) is 2. The summed E-state index contributed by atoms with van der Waals surface area (Å²) >= 11 is 1.92. The second kappa shape index (κ2) is 12.4. The zero-order chi connectivity index (χ0) is 19.7. The molecular formula is C20H33IN4O2S. The van der Waals surface area contributed by atoms with Crippen molar-refractivity contribution in [2.24, 2.45) is 10.9 Å². The van der Waals surface area contributed by atoms with Gasteiger partial charge in [-0.05, 0) is 45.2 Å². The van der Waals surface area contributed by atoms with Gasteiger partial charge in [0.1, 0.15) is 5.60 Å². The van der Waals surface area contributed by atoms with Crippen LogP contribution >= 0.6 is 35.7 Å². The number of guanidine groups is 1. The fourth-order valence-electron chi connectivity index (χ4n) is 2.88. The number of ether oxygens (including phenoxy) is 1. The lowest BCUT2D eigenvalue weighted by atomic mass is 10.2. The van der Waals surface area contributed by atoms with Gasteiger partial charge in [-0.3, -0.25) is 4.99 Å². The second-order valence-corrected chi connectivity index (χ2v) is 8.72. The Morgan fingerprint density at radius 2 is 1.93 bits per heavy atom. The van der Waals surface area contributed by atoms with Crippen LogP contribution in [0.5, 0.6) is 0 Å². The van der Waals surface area contributed by atoms with E-state index in [-0.39, 0.29) is 24.0 Å². The van der Waals surface area contributed by atoms with Crippen LogP contribution in [0, 0.1) is 5.92 Å². The minimum atomic E-state index is -0.476. The molecule has 1 heterocycles. The molecule has 8 heteroatoms. The van der Waals surface area contributed by atoms with E-state index >= 15 is 0 Å². The van der Waals surface area contributed by atoms with E-state index in [9.17, 15) is 4.79 Å². The molecule has 1 aliphatic rings. The topological polar surface area (TPSA) is 66.0 Å². The number of aliphatic imine (C=N–C) groups is 1. The van der Waals surface area contributed by atoms with Crippen molar-refractivity contribution in [1.29, 1.82) is 0 Å². The van der Waals surface area contributed by atoms with Gasteiger partial charge in [-0.15, -0.1) is 35.7 Å². The van der Waals surface area contributed by atoms with Gasteiger partial charge in [-0.25, -0.2) is 4.79 Å². The highest BCUT2D eigenvalue weighted by Gasteiger charge is 2.24. The normalized spacial score (nSPS) is 17.1. The van der Waals surface area contributed by atoms with Crippen LogP contribution in [0.25, 0.3) is 0 Å². The molecule has 0 spiro atoms. The molecule has 2 N–H and O–H groups in total. The summed E-state index contributed by atoms with van der Waals surface area (Å²) in [5.74, 6) is 2.68. The summed E-state index contributed by atoms with van der Waals surface area (Å²) in [7, 11) is 1.80. The summed E-state index contributed by atoms with van der Waals surface area (Å²) < 4.78 is 5.23. The van der Waals surface area contributed by atoms with Crippen LogP contribution in [0.15, 0.2) is 40.2 Å². The predicted molar refractivity (Wildman–Crippen MR) is 128 cm³/mol. The smallest absolute Gasteiger partial charge is 0.407 e. The van der Waals surface area contributed by atoms with E-state index < -0.39 is 11.7 Å². The van der Waals surface area contributed by atoms with Crippen molar-refractivity contribution in [3.8, 4) is 0 Å². The molecule has 0 aliphatic carbocycles. The van der Waals surface area contributed by atoms with Crippen molar-refractivity contribution in [3.63, 3.8) is 0 Å². The first-order valence-corrected chi connectivity index (χ1v) is 10.5. The van der Waals surface area contributed by atoms with Crippen LogP contribution in [0.1, 0.15) is 27.2 Å². The Kier molecular flexibility index (Phi) is 11.0. The molecule has 1 amide bonds. The number of amides is 1. The molecule has 1 atom stereocenters. The zero-order valence-electron chi connectivity index (χ0n) is 17.2. The van der Waals surface area contributed by atoms with Crippen molar-refractivity contribution in [2.45, 2.75) is 37.7 Å². The predicted octanol–water partition coefficient (Wildman–Crippen LogP) is 3.82. The lowest BCUT2D eigenvalue weighted by Crippen LogP contribution is -2.44. The minimum Gasteiger partial charge on any atom is -0.444 e. The average molecular weight is 520 g/mol. The first-order valence-electron chi connectivity index (χ1n) is 9.47. The van der Waals surface area contributed by atoms with Gasteiger partial charge in [0.05, 0.1) is 0 Å². The molecule has 1 saturated heterocycles. The standard InChI is InChI=1S/C20H32N4O2S.HI/c1-20(2,3)26-19(25)23-12-11-22-18(21-4)24-13-10-16(14-24)15-27-17-8-6-5-7-9-17;/h5-9,16H,10-15H2,1-4H3,(H,21,22)(H,23,25);1H. The Morgan fingerprint density at radius 1 is 1.25 bits per heavy atom. The molecule has 0 radical (unpaired) electrons. The fraction of sp³-hybridized carbons (Fsp3) is 0.600. The highest BCUT2D eigenvalue weighted by molar-refractivity contribution is 14.0. The van der Waals surface area contributed by atoms with E-state index in [0.29, 0.717) is 19.0 Å². The molecule has 1 aromatic rings. The summed E-state index contributed by atoms with van der Waals surface area (Å²) in [5, 5.41) is 6.08. The van der Waals surface area contributed by atoms with E-state index in [0.717, 1.165) is 24.8 Å². The van der Waals surface area contributed by atoms with Gasteiger partial charge >= 0.3 is 6.09 Å². The highest BCUT2D eigenvalue weighted by Crippen LogP contribution is 2.25. The Labute approximate surface area is 190 Å². The van der Waals surface area contributed by atoms with Gasteiger partial charge in [0.15, 0.2) is 5.96 Å². The molecule has 158 valence electrons. The first-order chi connectivity index (χ1) is 12.9. The van der Waals surface area contributed by atoms with Crippen molar-refractivity contribution in [2.75, 3.05) is 39.0 Å². The molecule has 2 rings (SSSR count). The van der Waals surface area contributed by atoms with Crippen LogP contribution in [0.3, 0.4) is 0 Å².